The van der Waals surface area contributed by atoms with Crippen LogP contribution in [0.25, 0.3) is 0 Å². The second kappa shape index (κ2) is 6.23. The molecule has 2 aliphatic rings. The molecule has 110 valence electrons. The van der Waals surface area contributed by atoms with E-state index in [1.165, 1.54) is 32.7 Å². The summed E-state index contributed by atoms with van der Waals surface area (Å²) in [7, 11) is 0. The molecule has 0 aromatic carbocycles. The van der Waals surface area contributed by atoms with Gasteiger partial charge in [-0.15, -0.1) is 0 Å². The highest BCUT2D eigenvalue weighted by Gasteiger charge is 2.33. The third-order valence-electron chi connectivity index (χ3n) is 4.42. The lowest BCUT2D eigenvalue weighted by Crippen LogP contribution is -2.57. The van der Waals surface area contributed by atoms with Crippen molar-refractivity contribution in [2.24, 2.45) is 11.8 Å². The van der Waals surface area contributed by atoms with Crippen molar-refractivity contribution in [1.29, 1.82) is 0 Å². The van der Waals surface area contributed by atoms with Crippen molar-refractivity contribution < 1.29 is 4.79 Å². The minimum Gasteiger partial charge on any atom is -0.342 e. The Bertz CT molecular complexity index is 303. The molecule has 0 radical (unpaired) electrons. The monoisotopic (exact) mass is 267 g/mol. The van der Waals surface area contributed by atoms with Crippen LogP contribution in [0.5, 0.6) is 0 Å². The van der Waals surface area contributed by atoms with Gasteiger partial charge in [-0.05, 0) is 13.8 Å². The Morgan fingerprint density at radius 2 is 1.63 bits per heavy atom. The quantitative estimate of drug-likeness (QED) is 0.764. The van der Waals surface area contributed by atoms with E-state index in [0.717, 1.165) is 13.1 Å². The van der Waals surface area contributed by atoms with Gasteiger partial charge in [-0.2, -0.15) is 0 Å². The van der Waals surface area contributed by atoms with Gasteiger partial charge in [0.2, 0.25) is 5.91 Å². The Morgan fingerprint density at radius 3 is 2.11 bits per heavy atom. The van der Waals surface area contributed by atoms with Crippen molar-refractivity contribution >= 4 is 5.91 Å². The Balaban J connectivity index is 1.65. The van der Waals surface area contributed by atoms with E-state index >= 15 is 0 Å². The van der Waals surface area contributed by atoms with Gasteiger partial charge < -0.3 is 9.80 Å². The first-order chi connectivity index (χ1) is 8.97. The molecular formula is C15H29N3O. The normalized spacial score (nSPS) is 23.2. The first-order valence-electron chi connectivity index (χ1n) is 7.72. The standard InChI is InChI=1S/C15H29N3O/c1-12(2)15(19)18-10-14(11-18)9-16-5-7-17(8-6-16)13(3)4/h12-14H,5-11H2,1-4H3. The second-order valence-electron chi connectivity index (χ2n) is 6.69. The molecule has 0 saturated carbocycles. The summed E-state index contributed by atoms with van der Waals surface area (Å²) < 4.78 is 0. The Kier molecular flexibility index (Phi) is 4.85. The minimum atomic E-state index is 0.149. The lowest BCUT2D eigenvalue weighted by molar-refractivity contribution is -0.141. The van der Waals surface area contributed by atoms with Crippen molar-refractivity contribution in [2.45, 2.75) is 33.7 Å². The number of hydrogen-bond donors (Lipinski definition) is 0. The molecule has 2 heterocycles. The van der Waals surface area contributed by atoms with E-state index in [9.17, 15) is 4.79 Å². The fourth-order valence-corrected chi connectivity index (χ4v) is 3.06. The maximum atomic E-state index is 11.8. The van der Waals surface area contributed by atoms with Crippen molar-refractivity contribution in [3.05, 3.63) is 0 Å². The maximum Gasteiger partial charge on any atom is 0.225 e. The molecule has 0 aromatic heterocycles. The summed E-state index contributed by atoms with van der Waals surface area (Å²) in [4.78, 5) is 18.9. The molecule has 4 nitrogen and oxygen atoms in total. The topological polar surface area (TPSA) is 26.8 Å². The SMILES string of the molecule is CC(C)C(=O)N1CC(CN2CCN(C(C)C)CC2)C1. The molecule has 0 N–H and O–H groups in total. The van der Waals surface area contributed by atoms with E-state index < -0.39 is 0 Å². The van der Waals surface area contributed by atoms with Crippen LogP contribution in [-0.4, -0.2) is 72.5 Å². The predicted octanol–water partition coefficient (Wildman–Crippen LogP) is 1.13. The van der Waals surface area contributed by atoms with Crippen LogP contribution < -0.4 is 0 Å². The molecule has 0 spiro atoms. The number of likely N-dealkylation sites (tertiary alicyclic amines) is 1. The number of rotatable bonds is 4. The van der Waals surface area contributed by atoms with Crippen LogP contribution in [0.4, 0.5) is 0 Å². The van der Waals surface area contributed by atoms with E-state index in [1.54, 1.807) is 0 Å². The van der Waals surface area contributed by atoms with Crippen molar-refractivity contribution in [2.75, 3.05) is 45.8 Å². The van der Waals surface area contributed by atoms with Crippen LogP contribution in [0, 0.1) is 11.8 Å². The van der Waals surface area contributed by atoms with E-state index in [1.807, 2.05) is 18.7 Å². The van der Waals surface area contributed by atoms with Gasteiger partial charge in [0.1, 0.15) is 0 Å². The summed E-state index contributed by atoms with van der Waals surface area (Å²) in [5.74, 6) is 1.17. The molecular weight excluding hydrogens is 238 g/mol. The lowest BCUT2D eigenvalue weighted by atomic mass is 9.97. The summed E-state index contributed by atoms with van der Waals surface area (Å²) in [5.41, 5.74) is 0. The van der Waals surface area contributed by atoms with Crippen molar-refractivity contribution in [1.82, 2.24) is 14.7 Å². The van der Waals surface area contributed by atoms with E-state index in [2.05, 4.69) is 23.6 Å². The fraction of sp³-hybridized carbons (Fsp3) is 0.933. The minimum absolute atomic E-state index is 0.149. The van der Waals surface area contributed by atoms with Crippen LogP contribution in [0.15, 0.2) is 0 Å². The molecule has 0 aromatic rings. The van der Waals surface area contributed by atoms with Crippen LogP contribution in [0.2, 0.25) is 0 Å². The van der Waals surface area contributed by atoms with Crippen LogP contribution >= 0.6 is 0 Å². The van der Waals surface area contributed by atoms with Crippen molar-refractivity contribution in [3.63, 3.8) is 0 Å². The molecule has 2 fully saturated rings. The Hall–Kier alpha value is -0.610. The number of nitrogens with zero attached hydrogens (tertiary/aromatic N) is 3. The molecule has 0 bridgehead atoms. The smallest absolute Gasteiger partial charge is 0.225 e. The van der Waals surface area contributed by atoms with Crippen LogP contribution in [-0.2, 0) is 4.79 Å². The zero-order valence-corrected chi connectivity index (χ0v) is 12.9. The lowest BCUT2D eigenvalue weighted by Gasteiger charge is -2.44. The fourth-order valence-electron chi connectivity index (χ4n) is 3.06. The third-order valence-corrected chi connectivity index (χ3v) is 4.42. The van der Waals surface area contributed by atoms with Gasteiger partial charge in [-0.25, -0.2) is 0 Å². The summed E-state index contributed by atoms with van der Waals surface area (Å²) in [6.45, 7) is 16.4. The zero-order valence-electron chi connectivity index (χ0n) is 12.9. The largest absolute Gasteiger partial charge is 0.342 e. The molecule has 2 rings (SSSR count). The van der Waals surface area contributed by atoms with Gasteiger partial charge in [0.05, 0.1) is 0 Å². The average Bonchev–Trinajstić information content (AvgIpc) is 2.33. The number of amides is 1. The summed E-state index contributed by atoms with van der Waals surface area (Å²) in [6, 6.07) is 0.671. The summed E-state index contributed by atoms with van der Waals surface area (Å²) in [5, 5.41) is 0. The molecule has 4 heteroatoms. The number of piperazine rings is 1. The van der Waals surface area contributed by atoms with E-state index in [-0.39, 0.29) is 5.92 Å². The molecule has 2 aliphatic heterocycles. The van der Waals surface area contributed by atoms with E-state index in [4.69, 9.17) is 0 Å². The first kappa shape index (κ1) is 14.8. The second-order valence-corrected chi connectivity index (χ2v) is 6.69. The highest BCUT2D eigenvalue weighted by atomic mass is 16.2. The molecule has 0 unspecified atom stereocenters. The molecule has 1 amide bonds. The van der Waals surface area contributed by atoms with Crippen LogP contribution in [0.3, 0.4) is 0 Å². The molecule has 0 atom stereocenters. The molecule has 0 aliphatic carbocycles. The number of carbonyl (C=O) groups excluding carboxylic acids is 1. The maximum absolute atomic E-state index is 11.8. The van der Waals surface area contributed by atoms with E-state index in [0.29, 0.717) is 17.9 Å². The zero-order chi connectivity index (χ0) is 14.0. The highest BCUT2D eigenvalue weighted by Crippen LogP contribution is 2.20. The van der Waals surface area contributed by atoms with Gasteiger partial charge >= 0.3 is 0 Å². The summed E-state index contributed by atoms with van der Waals surface area (Å²) >= 11 is 0. The Morgan fingerprint density at radius 1 is 1.05 bits per heavy atom. The Labute approximate surface area is 117 Å². The van der Waals surface area contributed by atoms with Gasteiger partial charge in [0.15, 0.2) is 0 Å². The highest BCUT2D eigenvalue weighted by molar-refractivity contribution is 5.78. The molecule has 2 saturated heterocycles. The first-order valence-corrected chi connectivity index (χ1v) is 7.72. The van der Waals surface area contributed by atoms with Gasteiger partial charge in [0.25, 0.3) is 0 Å². The third kappa shape index (κ3) is 3.69. The average molecular weight is 267 g/mol. The number of hydrogen-bond acceptors (Lipinski definition) is 3. The van der Waals surface area contributed by atoms with Gasteiger partial charge in [-0.3, -0.25) is 9.69 Å². The predicted molar refractivity (Wildman–Crippen MR) is 78.1 cm³/mol. The van der Waals surface area contributed by atoms with Gasteiger partial charge in [-0.1, -0.05) is 13.8 Å². The van der Waals surface area contributed by atoms with Crippen molar-refractivity contribution in [3.8, 4) is 0 Å². The molecule has 19 heavy (non-hydrogen) atoms. The summed E-state index contributed by atoms with van der Waals surface area (Å²) in [6.07, 6.45) is 0. The van der Waals surface area contributed by atoms with Gasteiger partial charge in [0, 0.05) is 63.7 Å². The van der Waals surface area contributed by atoms with Crippen LogP contribution in [0.1, 0.15) is 27.7 Å². The number of carbonyl (C=O) groups is 1.